The Kier molecular flexibility index (Phi) is 2.60. The van der Waals surface area contributed by atoms with Gasteiger partial charge in [-0.05, 0) is 28.1 Å². The van der Waals surface area contributed by atoms with Crippen LogP contribution in [0.1, 0.15) is 10.4 Å². The number of ketones is 1. The summed E-state index contributed by atoms with van der Waals surface area (Å²) in [6.45, 7) is 0. The zero-order chi connectivity index (χ0) is 10.8. The quantitative estimate of drug-likeness (QED) is 0.514. The second-order valence-corrected chi connectivity index (χ2v) is 3.83. The molecule has 74 valence electrons. The molecule has 1 aromatic heterocycles. The average molecular weight is 263 g/mol. The molecule has 0 spiro atoms. The van der Waals surface area contributed by atoms with Gasteiger partial charge in [-0.1, -0.05) is 18.2 Å². The molecule has 0 aliphatic heterocycles. The van der Waals surface area contributed by atoms with Crippen molar-refractivity contribution in [3.05, 3.63) is 40.5 Å². The van der Waals surface area contributed by atoms with Gasteiger partial charge in [0.25, 0.3) is 0 Å². The fourth-order valence-corrected chi connectivity index (χ4v) is 1.84. The van der Waals surface area contributed by atoms with Crippen molar-refractivity contribution in [2.75, 3.05) is 0 Å². The normalized spacial score (nSPS) is 10.2. The Morgan fingerprint density at radius 3 is 2.87 bits per heavy atom. The summed E-state index contributed by atoms with van der Waals surface area (Å²) in [6, 6.07) is 9.00. The number of carbonyl (C=O) groups excluding carboxylic acids is 1. The molecule has 0 fully saturated rings. The van der Waals surface area contributed by atoms with E-state index >= 15 is 0 Å². The van der Waals surface area contributed by atoms with Crippen molar-refractivity contribution in [2.24, 2.45) is 0 Å². The topological polar surface area (TPSA) is 53.8 Å². The van der Waals surface area contributed by atoms with Gasteiger partial charge in [-0.2, -0.15) is 0 Å². The number of nitrogens with zero attached hydrogens (tertiary/aromatic N) is 1. The molecule has 0 radical (unpaired) electrons. The predicted molar refractivity (Wildman–Crippen MR) is 62.6 cm³/mol. The van der Waals surface area contributed by atoms with Gasteiger partial charge in [0.15, 0.2) is 0 Å². The van der Waals surface area contributed by atoms with E-state index in [1.807, 2.05) is 24.3 Å². The molecule has 0 bridgehead atoms. The number of Topliss-reactive ketones (excluding diaryl/α,β-unsaturated/α-hetero) is 1. The van der Waals surface area contributed by atoms with Crippen LogP contribution in [0.2, 0.25) is 0 Å². The number of halogens is 1. The number of aromatic nitrogens is 1. The highest BCUT2D eigenvalue weighted by Gasteiger charge is 2.09. The maximum Gasteiger partial charge on any atom is 0.204 e. The van der Waals surface area contributed by atoms with Gasteiger partial charge < -0.3 is 5.41 Å². The second kappa shape index (κ2) is 3.90. The Labute approximate surface area is 94.8 Å². The number of pyridine rings is 1. The highest BCUT2D eigenvalue weighted by Crippen LogP contribution is 2.20. The van der Waals surface area contributed by atoms with Crippen molar-refractivity contribution < 1.29 is 4.79 Å². The van der Waals surface area contributed by atoms with Crippen LogP contribution in [0, 0.1) is 5.41 Å². The van der Waals surface area contributed by atoms with Crippen LogP contribution in [0.4, 0.5) is 0 Å². The summed E-state index contributed by atoms with van der Waals surface area (Å²) in [6.07, 6.45) is 0.814. The highest BCUT2D eigenvalue weighted by molar-refractivity contribution is 9.10. The first kappa shape index (κ1) is 9.98. The van der Waals surface area contributed by atoms with Crippen LogP contribution in [0.5, 0.6) is 0 Å². The van der Waals surface area contributed by atoms with Crippen LogP contribution in [0.15, 0.2) is 34.9 Å². The van der Waals surface area contributed by atoms with Gasteiger partial charge in [0.1, 0.15) is 4.60 Å². The van der Waals surface area contributed by atoms with E-state index in [-0.39, 0.29) is 5.78 Å². The standard InChI is InChI=1S/C11H7BrN2O/c12-11-5-8(10(15)6-13)7-3-1-2-4-9(7)14-11/h1-6,13H. The summed E-state index contributed by atoms with van der Waals surface area (Å²) in [5.74, 6) is -0.311. The smallest absolute Gasteiger partial charge is 0.204 e. The van der Waals surface area contributed by atoms with Crippen LogP contribution >= 0.6 is 15.9 Å². The molecule has 2 rings (SSSR count). The summed E-state index contributed by atoms with van der Waals surface area (Å²) >= 11 is 3.24. The summed E-state index contributed by atoms with van der Waals surface area (Å²) < 4.78 is 0.603. The van der Waals surface area contributed by atoms with Gasteiger partial charge in [-0.3, -0.25) is 4.79 Å². The molecule has 0 atom stereocenters. The van der Waals surface area contributed by atoms with Crippen molar-refractivity contribution in [3.8, 4) is 0 Å². The molecule has 0 unspecified atom stereocenters. The number of fused-ring (bicyclic) bond motifs is 1. The summed E-state index contributed by atoms with van der Waals surface area (Å²) in [5.41, 5.74) is 1.25. The van der Waals surface area contributed by atoms with Crippen LogP contribution in [0.25, 0.3) is 10.9 Å². The summed E-state index contributed by atoms with van der Waals surface area (Å²) in [5, 5.41) is 7.75. The minimum Gasteiger partial charge on any atom is -0.305 e. The zero-order valence-corrected chi connectivity index (χ0v) is 9.28. The molecule has 0 saturated heterocycles. The number of para-hydroxylation sites is 1. The molecule has 1 aromatic carbocycles. The fourth-order valence-electron chi connectivity index (χ4n) is 1.42. The van der Waals surface area contributed by atoms with Gasteiger partial charge in [-0.15, -0.1) is 0 Å². The van der Waals surface area contributed by atoms with Crippen LogP contribution < -0.4 is 0 Å². The summed E-state index contributed by atoms with van der Waals surface area (Å²) in [4.78, 5) is 15.7. The monoisotopic (exact) mass is 262 g/mol. The lowest BCUT2D eigenvalue weighted by molar-refractivity contribution is 0.107. The molecule has 0 aliphatic rings. The first-order chi connectivity index (χ1) is 7.22. The number of rotatable bonds is 2. The first-order valence-electron chi connectivity index (χ1n) is 4.32. The molecule has 3 nitrogen and oxygen atoms in total. The molecule has 0 amide bonds. The molecule has 0 saturated carbocycles. The Hall–Kier alpha value is -1.55. The second-order valence-electron chi connectivity index (χ2n) is 3.02. The zero-order valence-electron chi connectivity index (χ0n) is 7.70. The Bertz CT molecular complexity index is 551. The van der Waals surface area contributed by atoms with Crippen LogP contribution in [-0.4, -0.2) is 17.0 Å². The van der Waals surface area contributed by atoms with Crippen molar-refractivity contribution in [3.63, 3.8) is 0 Å². The van der Waals surface area contributed by atoms with E-state index in [1.54, 1.807) is 6.07 Å². The predicted octanol–water partition coefficient (Wildman–Crippen LogP) is 2.83. The third-order valence-electron chi connectivity index (χ3n) is 2.08. The fraction of sp³-hybridized carbons (Fsp3) is 0. The Balaban J connectivity index is 2.82. The number of benzene rings is 1. The number of hydrogen-bond donors (Lipinski definition) is 1. The highest BCUT2D eigenvalue weighted by atomic mass is 79.9. The third-order valence-corrected chi connectivity index (χ3v) is 2.49. The summed E-state index contributed by atoms with van der Waals surface area (Å²) in [7, 11) is 0. The van der Waals surface area contributed by atoms with Gasteiger partial charge >= 0.3 is 0 Å². The molecule has 15 heavy (non-hydrogen) atoms. The Morgan fingerprint density at radius 2 is 2.13 bits per heavy atom. The number of carbonyl (C=O) groups is 1. The van der Waals surface area contributed by atoms with Gasteiger partial charge in [0.2, 0.25) is 5.78 Å². The number of hydrogen-bond acceptors (Lipinski definition) is 3. The lowest BCUT2D eigenvalue weighted by Crippen LogP contribution is -2.01. The van der Waals surface area contributed by atoms with Crippen LogP contribution in [-0.2, 0) is 0 Å². The van der Waals surface area contributed by atoms with E-state index in [0.29, 0.717) is 10.2 Å². The molecule has 4 heteroatoms. The van der Waals surface area contributed by atoms with Crippen LogP contribution in [0.3, 0.4) is 0 Å². The van der Waals surface area contributed by atoms with Crippen molar-refractivity contribution in [1.29, 1.82) is 5.41 Å². The maximum absolute atomic E-state index is 11.5. The Morgan fingerprint density at radius 1 is 1.40 bits per heavy atom. The maximum atomic E-state index is 11.5. The van der Waals surface area contributed by atoms with E-state index in [1.165, 1.54) is 0 Å². The molecular formula is C11H7BrN2O. The molecule has 1 heterocycles. The lowest BCUT2D eigenvalue weighted by atomic mass is 10.1. The van der Waals surface area contributed by atoms with Crippen molar-refractivity contribution in [2.45, 2.75) is 0 Å². The van der Waals surface area contributed by atoms with E-state index < -0.39 is 0 Å². The van der Waals surface area contributed by atoms with E-state index in [4.69, 9.17) is 5.41 Å². The molecule has 2 aromatic rings. The van der Waals surface area contributed by atoms with E-state index in [2.05, 4.69) is 20.9 Å². The third kappa shape index (κ3) is 1.80. The SMILES string of the molecule is N=CC(=O)c1cc(Br)nc2ccccc12. The van der Waals surface area contributed by atoms with Gasteiger partial charge in [0.05, 0.1) is 11.7 Å². The molecular weight excluding hydrogens is 256 g/mol. The largest absolute Gasteiger partial charge is 0.305 e. The number of nitrogens with one attached hydrogen (secondary N) is 1. The van der Waals surface area contributed by atoms with Gasteiger partial charge in [-0.25, -0.2) is 4.98 Å². The van der Waals surface area contributed by atoms with Crippen molar-refractivity contribution >= 4 is 38.8 Å². The minimum atomic E-state index is -0.311. The van der Waals surface area contributed by atoms with Crippen molar-refractivity contribution in [1.82, 2.24) is 4.98 Å². The minimum absolute atomic E-state index is 0.311. The average Bonchev–Trinajstić information content (AvgIpc) is 2.26. The van der Waals surface area contributed by atoms with E-state index in [0.717, 1.165) is 17.1 Å². The molecule has 0 aliphatic carbocycles. The first-order valence-corrected chi connectivity index (χ1v) is 5.12. The van der Waals surface area contributed by atoms with Gasteiger partial charge in [0, 0.05) is 10.9 Å². The van der Waals surface area contributed by atoms with E-state index in [9.17, 15) is 4.79 Å². The lowest BCUT2D eigenvalue weighted by Gasteiger charge is -2.03. The molecule has 1 N–H and O–H groups in total.